The lowest BCUT2D eigenvalue weighted by Gasteiger charge is -2.18. The number of aromatic nitrogens is 1. The van der Waals surface area contributed by atoms with Crippen molar-refractivity contribution in [2.75, 3.05) is 11.9 Å². The Morgan fingerprint density at radius 3 is 2.39 bits per heavy atom. The lowest BCUT2D eigenvalue weighted by molar-refractivity contribution is -0.642. The molecule has 0 radical (unpaired) electrons. The van der Waals surface area contributed by atoms with Gasteiger partial charge in [0.2, 0.25) is 5.52 Å². The number of rotatable bonds is 1. The molecule has 1 N–H and O–H groups in total. The molecule has 0 unspecified atom stereocenters. The summed E-state index contributed by atoms with van der Waals surface area (Å²) >= 11 is 23.3. The maximum Gasteiger partial charge on any atom is 0.270 e. The van der Waals surface area contributed by atoms with Crippen molar-refractivity contribution in [3.05, 3.63) is 90.8 Å². The highest BCUT2D eigenvalue weighted by molar-refractivity contribution is 8.04. The molecule has 2 aliphatic rings. The topological polar surface area (TPSA) is 27.4 Å². The van der Waals surface area contributed by atoms with Gasteiger partial charge in [0.1, 0.15) is 16.8 Å². The van der Waals surface area contributed by atoms with Crippen LogP contribution in [0.2, 0.25) is 15.1 Å². The number of para-hydroxylation sites is 2. The number of hydrogen-bond donors (Lipinski definition) is 1. The maximum atomic E-state index is 10.7. The van der Waals surface area contributed by atoms with Crippen LogP contribution in [-0.4, -0.2) is 12.2 Å². The fraction of sp³-hybridized carbons (Fsp3) is 0.0800. The normalized spacial score (nSPS) is 17.0. The van der Waals surface area contributed by atoms with E-state index in [4.69, 9.17) is 34.8 Å². The molecule has 2 heterocycles. The molecule has 0 spiro atoms. The summed E-state index contributed by atoms with van der Waals surface area (Å²) in [4.78, 5) is 3.33. The van der Waals surface area contributed by atoms with Crippen LogP contribution in [0.4, 0.5) is 5.69 Å². The number of anilines is 1. The van der Waals surface area contributed by atoms with E-state index in [0.29, 0.717) is 10.6 Å². The zero-order chi connectivity index (χ0) is 23.0. The summed E-state index contributed by atoms with van der Waals surface area (Å²) in [7, 11) is 4.08. The second kappa shape index (κ2) is 7.69. The van der Waals surface area contributed by atoms with Crippen LogP contribution >= 0.6 is 57.9 Å². The summed E-state index contributed by atoms with van der Waals surface area (Å²) in [5.41, 5.74) is 5.57. The quantitative estimate of drug-likeness (QED) is 0.201. The van der Waals surface area contributed by atoms with Crippen molar-refractivity contribution >= 4 is 85.0 Å². The van der Waals surface area contributed by atoms with E-state index in [1.54, 1.807) is 23.1 Å². The van der Waals surface area contributed by atoms with E-state index in [2.05, 4.69) is 39.8 Å². The Balaban J connectivity index is 1.68. The average molecular weight is 531 g/mol. The predicted octanol–water partition coefficient (Wildman–Crippen LogP) is 7.75. The Labute approximate surface area is 214 Å². The molecule has 0 bridgehead atoms. The first-order chi connectivity index (χ1) is 15.9. The minimum absolute atomic E-state index is 0.0667. The summed E-state index contributed by atoms with van der Waals surface area (Å²) < 4.78 is 3.32. The number of thiazole rings is 1. The van der Waals surface area contributed by atoms with Crippen LogP contribution in [0.5, 0.6) is 5.75 Å². The van der Waals surface area contributed by atoms with Crippen molar-refractivity contribution in [2.24, 2.45) is 7.05 Å². The molecule has 0 fully saturated rings. The molecule has 1 aliphatic carbocycles. The molecule has 3 aromatic carbocycles. The minimum Gasteiger partial charge on any atom is -0.505 e. The fourth-order valence-corrected chi connectivity index (χ4v) is 7.61. The number of nitrogens with zero attached hydrogens (tertiary/aromatic N) is 2. The smallest absolute Gasteiger partial charge is 0.270 e. The summed E-state index contributed by atoms with van der Waals surface area (Å²) in [6.45, 7) is 0. The van der Waals surface area contributed by atoms with Crippen LogP contribution in [0.1, 0.15) is 16.1 Å². The summed E-state index contributed by atoms with van der Waals surface area (Å²) in [5, 5.41) is 13.3. The number of hydrogen-bond acceptors (Lipinski definition) is 4. The van der Waals surface area contributed by atoms with E-state index in [-0.39, 0.29) is 15.8 Å². The number of phenolic OH excluding ortho intramolecular Hbond substituents is 1. The summed E-state index contributed by atoms with van der Waals surface area (Å²) in [6, 6.07) is 16.5. The predicted molar refractivity (Wildman–Crippen MR) is 141 cm³/mol. The number of aryl methyl sites for hydroxylation is 1. The molecule has 164 valence electrons. The Morgan fingerprint density at radius 1 is 0.909 bits per heavy atom. The standard InChI is InChI=1S/C25H15Cl3N2OS2/c1-29-14-7-3-5-9-16(14)32-24(29)12-11-13(19-18(12)20(26)22(28)23(31)21(19)27)25-30(2)15-8-4-6-10-17(15)33-25/h3-11H,1-2H3/p+1. The molecular weight excluding hydrogens is 515 g/mol. The second-order valence-corrected chi connectivity index (χ2v) is 11.1. The number of fused-ring (bicyclic) bond motifs is 3. The number of halogens is 3. The largest absolute Gasteiger partial charge is 0.505 e. The van der Waals surface area contributed by atoms with Gasteiger partial charge in [-0.15, -0.1) is 0 Å². The van der Waals surface area contributed by atoms with Gasteiger partial charge in [-0.2, -0.15) is 4.57 Å². The lowest BCUT2D eigenvalue weighted by atomic mass is 10.0. The molecule has 0 atom stereocenters. The maximum absolute atomic E-state index is 10.7. The Bertz CT molecular complexity index is 1570. The molecule has 1 aliphatic heterocycles. The first-order valence-electron chi connectivity index (χ1n) is 10.1. The fourth-order valence-electron chi connectivity index (χ4n) is 4.46. The number of phenols is 1. The van der Waals surface area contributed by atoms with Crippen molar-refractivity contribution in [3.63, 3.8) is 0 Å². The monoisotopic (exact) mass is 529 g/mol. The van der Waals surface area contributed by atoms with Crippen molar-refractivity contribution in [1.29, 1.82) is 0 Å². The van der Waals surface area contributed by atoms with Gasteiger partial charge < -0.3 is 10.0 Å². The third-order valence-corrected chi connectivity index (χ3v) is 9.78. The SMILES string of the molecule is CN1/C(=C2/C=C(c3sc4ccccc4[n+]3C)c3c(Cl)c(O)c(Cl)c(Cl)c32)Sc2ccccc21. The summed E-state index contributed by atoms with van der Waals surface area (Å²) in [5.74, 6) is -0.196. The molecule has 33 heavy (non-hydrogen) atoms. The van der Waals surface area contributed by atoms with Gasteiger partial charge in [-0.3, -0.25) is 0 Å². The van der Waals surface area contributed by atoms with E-state index < -0.39 is 0 Å². The molecule has 6 rings (SSSR count). The average Bonchev–Trinajstić information content (AvgIpc) is 3.48. The van der Waals surface area contributed by atoms with Crippen LogP contribution in [0, 0.1) is 0 Å². The molecule has 1 aromatic heterocycles. The first-order valence-corrected chi connectivity index (χ1v) is 12.9. The molecule has 4 aromatic rings. The highest BCUT2D eigenvalue weighted by atomic mass is 35.5. The molecule has 3 nitrogen and oxygen atoms in total. The van der Waals surface area contributed by atoms with Gasteiger partial charge in [-0.05, 0) is 24.3 Å². The zero-order valence-corrected chi connectivity index (χ0v) is 21.4. The van der Waals surface area contributed by atoms with Crippen LogP contribution in [-0.2, 0) is 7.05 Å². The molecule has 0 saturated heterocycles. The van der Waals surface area contributed by atoms with E-state index in [1.807, 2.05) is 38.4 Å². The van der Waals surface area contributed by atoms with Gasteiger partial charge in [0.25, 0.3) is 5.01 Å². The van der Waals surface area contributed by atoms with Crippen LogP contribution in [0.15, 0.2) is 64.5 Å². The van der Waals surface area contributed by atoms with Gasteiger partial charge in [-0.1, -0.05) is 82.2 Å². The van der Waals surface area contributed by atoms with Crippen molar-refractivity contribution < 1.29 is 9.67 Å². The third-order valence-electron chi connectivity index (χ3n) is 6.06. The van der Waals surface area contributed by atoms with E-state index in [0.717, 1.165) is 38.0 Å². The van der Waals surface area contributed by atoms with E-state index in [1.165, 1.54) is 9.60 Å². The highest BCUT2D eigenvalue weighted by Gasteiger charge is 2.38. The van der Waals surface area contributed by atoms with Gasteiger partial charge >= 0.3 is 0 Å². The van der Waals surface area contributed by atoms with Crippen molar-refractivity contribution in [3.8, 4) is 5.75 Å². The van der Waals surface area contributed by atoms with Crippen LogP contribution in [0.25, 0.3) is 21.4 Å². The molecule has 0 saturated carbocycles. The van der Waals surface area contributed by atoms with Crippen molar-refractivity contribution in [2.45, 2.75) is 4.90 Å². The molecular formula is C25H16Cl3N2OS2+. The van der Waals surface area contributed by atoms with E-state index in [9.17, 15) is 5.11 Å². The van der Waals surface area contributed by atoms with Crippen molar-refractivity contribution in [1.82, 2.24) is 0 Å². The van der Waals surface area contributed by atoms with Gasteiger partial charge in [0, 0.05) is 34.7 Å². The molecule has 8 heteroatoms. The van der Waals surface area contributed by atoms with Crippen LogP contribution in [0.3, 0.4) is 0 Å². The summed E-state index contributed by atoms with van der Waals surface area (Å²) in [6.07, 6.45) is 2.12. The zero-order valence-electron chi connectivity index (χ0n) is 17.5. The highest BCUT2D eigenvalue weighted by Crippen LogP contribution is 2.57. The Kier molecular flexibility index (Phi) is 4.98. The van der Waals surface area contributed by atoms with Gasteiger partial charge in [0.05, 0.1) is 26.3 Å². The Hall–Kier alpha value is -2.15. The third kappa shape index (κ3) is 3.00. The minimum atomic E-state index is -0.196. The molecule has 0 amide bonds. The van der Waals surface area contributed by atoms with Crippen LogP contribution < -0.4 is 9.47 Å². The number of allylic oxidation sites excluding steroid dienone is 2. The number of benzene rings is 3. The van der Waals surface area contributed by atoms with Gasteiger partial charge in [-0.25, -0.2) is 0 Å². The van der Waals surface area contributed by atoms with Gasteiger partial charge in [0.15, 0.2) is 5.75 Å². The number of aromatic hydroxyl groups is 1. The lowest BCUT2D eigenvalue weighted by Crippen LogP contribution is -2.30. The number of thioether (sulfide) groups is 1. The first kappa shape index (κ1) is 21.4. The van der Waals surface area contributed by atoms with E-state index >= 15 is 0 Å². The second-order valence-electron chi connectivity index (χ2n) is 7.88. The Morgan fingerprint density at radius 2 is 1.64 bits per heavy atom.